The lowest BCUT2D eigenvalue weighted by atomic mass is 9.95. The van der Waals surface area contributed by atoms with Crippen molar-refractivity contribution in [2.24, 2.45) is 0 Å². The molecule has 1 atom stereocenters. The van der Waals surface area contributed by atoms with Gasteiger partial charge in [-0.2, -0.15) is 0 Å². The Labute approximate surface area is 148 Å². The summed E-state index contributed by atoms with van der Waals surface area (Å²) in [5.41, 5.74) is 1.74. The van der Waals surface area contributed by atoms with Gasteiger partial charge in [-0.3, -0.25) is 9.59 Å². The molecule has 0 spiro atoms. The Morgan fingerprint density at radius 1 is 1.24 bits per heavy atom. The van der Waals surface area contributed by atoms with Crippen LogP contribution in [0.3, 0.4) is 0 Å². The largest absolute Gasteiger partial charge is 0.352 e. The van der Waals surface area contributed by atoms with E-state index in [9.17, 15) is 9.59 Å². The van der Waals surface area contributed by atoms with Crippen LogP contribution in [0.2, 0.25) is 0 Å². The molecule has 6 heteroatoms. The van der Waals surface area contributed by atoms with E-state index in [4.69, 9.17) is 0 Å². The molecule has 2 N–H and O–H groups in total. The minimum atomic E-state index is -0.257. The van der Waals surface area contributed by atoms with E-state index in [2.05, 4.69) is 15.6 Å². The average molecular weight is 342 g/mol. The number of benzene rings is 1. The number of carbonyl (C=O) groups is 2. The van der Waals surface area contributed by atoms with E-state index in [0.29, 0.717) is 5.82 Å². The monoisotopic (exact) mass is 342 g/mol. The molecule has 2 amide bonds. The topological polar surface area (TPSA) is 76.0 Å². The van der Waals surface area contributed by atoms with Crippen molar-refractivity contribution < 1.29 is 9.59 Å². The number of fused-ring (bicyclic) bond motifs is 1. The van der Waals surface area contributed by atoms with Gasteiger partial charge >= 0.3 is 0 Å². The van der Waals surface area contributed by atoms with Gasteiger partial charge in [-0.15, -0.1) is 0 Å². The van der Waals surface area contributed by atoms with E-state index < -0.39 is 0 Å². The fourth-order valence-electron chi connectivity index (χ4n) is 3.62. The number of nitrogens with one attached hydrogen (secondary N) is 2. The van der Waals surface area contributed by atoms with Gasteiger partial charge in [0.2, 0.25) is 11.8 Å². The van der Waals surface area contributed by atoms with E-state index in [1.54, 1.807) is 0 Å². The predicted octanol–water partition coefficient (Wildman–Crippen LogP) is 2.68. The van der Waals surface area contributed by atoms with Crippen LogP contribution in [0, 0.1) is 0 Å². The zero-order valence-corrected chi connectivity index (χ0v) is 14.9. The molecule has 3 rings (SSSR count). The van der Waals surface area contributed by atoms with Gasteiger partial charge in [0, 0.05) is 13.0 Å². The molecular weight excluding hydrogens is 316 g/mol. The third-order valence-corrected chi connectivity index (χ3v) is 4.76. The van der Waals surface area contributed by atoms with Crippen LogP contribution in [0.5, 0.6) is 0 Å². The Morgan fingerprint density at radius 2 is 1.96 bits per heavy atom. The van der Waals surface area contributed by atoms with Crippen molar-refractivity contribution >= 4 is 22.8 Å². The molecule has 0 saturated heterocycles. The number of amides is 2. The Morgan fingerprint density at radius 3 is 2.68 bits per heavy atom. The van der Waals surface area contributed by atoms with Crippen molar-refractivity contribution in [2.75, 3.05) is 0 Å². The lowest BCUT2D eigenvalue weighted by Crippen LogP contribution is -2.38. The maximum atomic E-state index is 12.6. The maximum absolute atomic E-state index is 12.6. The van der Waals surface area contributed by atoms with Crippen molar-refractivity contribution in [3.63, 3.8) is 0 Å². The number of hydrogen-bond donors (Lipinski definition) is 2. The highest BCUT2D eigenvalue weighted by molar-refractivity contribution is 5.81. The summed E-state index contributed by atoms with van der Waals surface area (Å²) in [6.07, 6.45) is 5.75. The van der Waals surface area contributed by atoms with Crippen LogP contribution in [-0.2, 0) is 16.1 Å². The molecule has 1 saturated carbocycles. The Balaban J connectivity index is 1.82. The predicted molar refractivity (Wildman–Crippen MR) is 97.0 cm³/mol. The first-order valence-electron chi connectivity index (χ1n) is 9.06. The van der Waals surface area contributed by atoms with Gasteiger partial charge in [0.15, 0.2) is 0 Å². The lowest BCUT2D eigenvalue weighted by Gasteiger charge is -2.23. The Hall–Kier alpha value is -2.37. The number of rotatable bonds is 5. The highest BCUT2D eigenvalue weighted by atomic mass is 16.2. The molecule has 6 nitrogen and oxygen atoms in total. The molecule has 1 aliphatic carbocycles. The molecule has 1 unspecified atom stereocenters. The van der Waals surface area contributed by atoms with Crippen molar-refractivity contribution in [3.05, 3.63) is 30.1 Å². The number of carbonyl (C=O) groups excluding carboxylic acids is 2. The highest BCUT2D eigenvalue weighted by Gasteiger charge is 2.21. The second-order valence-corrected chi connectivity index (χ2v) is 6.87. The van der Waals surface area contributed by atoms with Crippen molar-refractivity contribution in [2.45, 2.75) is 64.6 Å². The molecule has 0 bridgehead atoms. The van der Waals surface area contributed by atoms with Gasteiger partial charge in [-0.25, -0.2) is 4.98 Å². The van der Waals surface area contributed by atoms with E-state index in [0.717, 1.165) is 23.9 Å². The second kappa shape index (κ2) is 7.68. The molecule has 1 heterocycles. The summed E-state index contributed by atoms with van der Waals surface area (Å²) >= 11 is 0. The Bertz CT molecular complexity index is 762. The number of para-hydroxylation sites is 2. The molecule has 134 valence electrons. The summed E-state index contributed by atoms with van der Waals surface area (Å²) < 4.78 is 1.91. The fourth-order valence-corrected chi connectivity index (χ4v) is 3.62. The quantitative estimate of drug-likeness (QED) is 0.877. The minimum Gasteiger partial charge on any atom is -0.352 e. The zero-order valence-electron chi connectivity index (χ0n) is 14.9. The molecule has 0 aliphatic heterocycles. The fraction of sp³-hybridized carbons (Fsp3) is 0.526. The van der Waals surface area contributed by atoms with E-state index in [1.807, 2.05) is 35.8 Å². The van der Waals surface area contributed by atoms with Gasteiger partial charge in [0.25, 0.3) is 0 Å². The molecule has 1 aliphatic rings. The van der Waals surface area contributed by atoms with Crippen molar-refractivity contribution in [1.82, 2.24) is 20.2 Å². The number of imidazole rings is 1. The van der Waals surface area contributed by atoms with Gasteiger partial charge in [-0.05, 0) is 31.9 Å². The number of nitrogens with zero attached hydrogens (tertiary/aromatic N) is 2. The van der Waals surface area contributed by atoms with E-state index in [-0.39, 0.29) is 30.4 Å². The smallest absolute Gasteiger partial charge is 0.240 e. The third kappa shape index (κ3) is 4.18. The normalized spacial score (nSPS) is 16.6. The Kier molecular flexibility index (Phi) is 5.36. The zero-order chi connectivity index (χ0) is 17.8. The van der Waals surface area contributed by atoms with E-state index >= 15 is 0 Å². The minimum absolute atomic E-state index is 0.00586. The molecular formula is C19H26N4O2. The summed E-state index contributed by atoms with van der Waals surface area (Å²) in [6.45, 7) is 3.59. The average Bonchev–Trinajstić information content (AvgIpc) is 2.94. The first kappa shape index (κ1) is 17.5. The summed E-state index contributed by atoms with van der Waals surface area (Å²) in [4.78, 5) is 28.6. The van der Waals surface area contributed by atoms with Gasteiger partial charge in [-0.1, -0.05) is 31.4 Å². The van der Waals surface area contributed by atoms with Crippen molar-refractivity contribution in [3.8, 4) is 0 Å². The standard InChI is InChI=1S/C19H26N4O2/c1-13(20-14(2)24)19-22-16-10-6-7-11-17(16)23(19)12-18(25)21-15-8-4-3-5-9-15/h6-7,10-11,13,15H,3-5,8-9,12H2,1-2H3,(H,20,24)(H,21,25). The maximum Gasteiger partial charge on any atom is 0.240 e. The second-order valence-electron chi connectivity index (χ2n) is 6.87. The third-order valence-electron chi connectivity index (χ3n) is 4.76. The molecule has 0 radical (unpaired) electrons. The molecule has 1 aromatic carbocycles. The van der Waals surface area contributed by atoms with Gasteiger partial charge in [0.05, 0.1) is 17.1 Å². The lowest BCUT2D eigenvalue weighted by molar-refractivity contribution is -0.122. The molecule has 1 fully saturated rings. The summed E-state index contributed by atoms with van der Waals surface area (Å²) in [5, 5.41) is 6.01. The summed E-state index contributed by atoms with van der Waals surface area (Å²) in [7, 11) is 0. The van der Waals surface area contributed by atoms with Crippen LogP contribution in [0.1, 0.15) is 57.8 Å². The van der Waals surface area contributed by atoms with Crippen LogP contribution >= 0.6 is 0 Å². The first-order valence-corrected chi connectivity index (χ1v) is 9.06. The summed E-state index contributed by atoms with van der Waals surface area (Å²) in [5.74, 6) is 0.597. The molecule has 1 aromatic heterocycles. The molecule has 25 heavy (non-hydrogen) atoms. The van der Waals surface area contributed by atoms with Crippen molar-refractivity contribution in [1.29, 1.82) is 0 Å². The summed E-state index contributed by atoms with van der Waals surface area (Å²) in [6, 6.07) is 7.77. The SMILES string of the molecule is CC(=O)NC(C)c1nc2ccccc2n1CC(=O)NC1CCCCC1. The van der Waals surface area contributed by atoms with Crippen LogP contribution in [0.25, 0.3) is 11.0 Å². The number of hydrogen-bond acceptors (Lipinski definition) is 3. The first-order chi connectivity index (χ1) is 12.0. The highest BCUT2D eigenvalue weighted by Crippen LogP contribution is 2.21. The van der Waals surface area contributed by atoms with Crippen LogP contribution in [0.4, 0.5) is 0 Å². The van der Waals surface area contributed by atoms with E-state index in [1.165, 1.54) is 26.2 Å². The van der Waals surface area contributed by atoms with Gasteiger partial charge < -0.3 is 15.2 Å². The van der Waals surface area contributed by atoms with Crippen LogP contribution in [0.15, 0.2) is 24.3 Å². The van der Waals surface area contributed by atoms with Gasteiger partial charge in [0.1, 0.15) is 12.4 Å². The van der Waals surface area contributed by atoms with Crippen LogP contribution < -0.4 is 10.6 Å². The number of aromatic nitrogens is 2. The molecule has 2 aromatic rings. The van der Waals surface area contributed by atoms with Crippen LogP contribution in [-0.4, -0.2) is 27.4 Å².